The van der Waals surface area contributed by atoms with E-state index in [1.54, 1.807) is 24.3 Å². The highest BCUT2D eigenvalue weighted by Crippen LogP contribution is 2.22. The van der Waals surface area contributed by atoms with Gasteiger partial charge >= 0.3 is 0 Å². The lowest BCUT2D eigenvalue weighted by Gasteiger charge is -2.07. The minimum Gasteiger partial charge on any atom is -0.508 e. The van der Waals surface area contributed by atoms with Gasteiger partial charge in [-0.25, -0.2) is 0 Å². The lowest BCUT2D eigenvalue weighted by Crippen LogP contribution is -2.11. The molecule has 0 bridgehead atoms. The monoisotopic (exact) mass is 273 g/mol. The quantitative estimate of drug-likeness (QED) is 0.866. The molecule has 0 aliphatic rings. The molecule has 2 N–H and O–H groups in total. The molecule has 0 aromatic heterocycles. The summed E-state index contributed by atoms with van der Waals surface area (Å²) in [7, 11) is 0. The molecule has 3 nitrogen and oxygen atoms in total. The van der Waals surface area contributed by atoms with Crippen molar-refractivity contribution in [2.24, 2.45) is 0 Å². The van der Waals surface area contributed by atoms with Crippen LogP contribution in [0.3, 0.4) is 0 Å². The van der Waals surface area contributed by atoms with Gasteiger partial charge in [-0.3, -0.25) is 4.79 Å². The van der Waals surface area contributed by atoms with Crippen LogP contribution in [0.25, 0.3) is 0 Å². The molecular formula is C17H23NO2. The third kappa shape index (κ3) is 4.12. The Hall–Kier alpha value is -2.29. The van der Waals surface area contributed by atoms with Crippen LogP contribution in [0.1, 0.15) is 38.1 Å². The average Bonchev–Trinajstić information content (AvgIpc) is 2.50. The van der Waals surface area contributed by atoms with Crippen LogP contribution >= 0.6 is 0 Å². The Morgan fingerprint density at radius 1 is 1.15 bits per heavy atom. The maximum atomic E-state index is 11.9. The van der Waals surface area contributed by atoms with Crippen molar-refractivity contribution in [3.63, 3.8) is 0 Å². The molecule has 0 atom stereocenters. The smallest absolute Gasteiger partial charge is 0.255 e. The van der Waals surface area contributed by atoms with Crippen LogP contribution in [0.5, 0.6) is 5.75 Å². The summed E-state index contributed by atoms with van der Waals surface area (Å²) in [6.07, 6.45) is 0.763. The Morgan fingerprint density at radius 2 is 1.80 bits per heavy atom. The molecule has 0 spiro atoms. The number of benzene rings is 2. The second kappa shape index (κ2) is 8.00. The highest BCUT2D eigenvalue weighted by atomic mass is 16.3. The fourth-order valence-electron chi connectivity index (χ4n) is 1.73. The highest BCUT2D eigenvalue weighted by Gasteiger charge is 2.06. The fraction of sp³-hybridized carbons (Fsp3) is 0.235. The lowest BCUT2D eigenvalue weighted by atomic mass is 10.1. The second-order valence-electron chi connectivity index (χ2n) is 4.02. The minimum absolute atomic E-state index is 0. The van der Waals surface area contributed by atoms with Gasteiger partial charge in [0.05, 0.1) is 0 Å². The Balaban J connectivity index is 0.00000128. The molecule has 0 aliphatic heterocycles. The van der Waals surface area contributed by atoms with Gasteiger partial charge in [0.1, 0.15) is 5.75 Å². The number of aryl methyl sites for hydroxylation is 1. The zero-order chi connectivity index (χ0) is 15.0. The number of amides is 1. The van der Waals surface area contributed by atoms with E-state index in [1.807, 2.05) is 45.0 Å². The molecule has 0 radical (unpaired) electrons. The first-order chi connectivity index (χ1) is 9.70. The van der Waals surface area contributed by atoms with E-state index in [9.17, 15) is 9.90 Å². The zero-order valence-corrected chi connectivity index (χ0v) is 12.2. The number of carbonyl (C=O) groups is 1. The summed E-state index contributed by atoms with van der Waals surface area (Å²) in [6.45, 7) is 5.97. The molecule has 0 heterocycles. The van der Waals surface area contributed by atoms with Crippen molar-refractivity contribution in [3.05, 3.63) is 59.7 Å². The molecule has 108 valence electrons. The highest BCUT2D eigenvalue weighted by molar-refractivity contribution is 6.04. The van der Waals surface area contributed by atoms with E-state index in [0.717, 1.165) is 12.0 Å². The number of anilines is 1. The van der Waals surface area contributed by atoms with Gasteiger partial charge in [0, 0.05) is 18.7 Å². The topological polar surface area (TPSA) is 49.3 Å². The molecule has 3 heteroatoms. The van der Waals surface area contributed by atoms with Crippen LogP contribution in [-0.4, -0.2) is 11.0 Å². The molecule has 0 saturated heterocycles. The van der Waals surface area contributed by atoms with E-state index < -0.39 is 0 Å². The van der Waals surface area contributed by atoms with Crippen molar-refractivity contribution in [2.75, 3.05) is 5.32 Å². The van der Waals surface area contributed by atoms with Gasteiger partial charge in [0.15, 0.2) is 0 Å². The standard InChI is InChI=1S/C15H15NO2.C2H6.H2/c1-2-11-8-9-13(10-14(11)17)16-15(18)12-6-4-3-5-7-12;1-2;/h3-10,17H,2H2,1H3,(H,16,18);1-2H3;1H. The molecule has 0 aliphatic carbocycles. The first kappa shape index (κ1) is 15.8. The number of hydrogen-bond donors (Lipinski definition) is 2. The van der Waals surface area contributed by atoms with Crippen molar-refractivity contribution < 1.29 is 11.3 Å². The number of carbonyl (C=O) groups excluding carboxylic acids is 1. The maximum absolute atomic E-state index is 11.9. The number of phenols is 1. The van der Waals surface area contributed by atoms with Gasteiger partial charge in [0.2, 0.25) is 0 Å². The molecule has 0 unspecified atom stereocenters. The van der Waals surface area contributed by atoms with Gasteiger partial charge < -0.3 is 10.4 Å². The van der Waals surface area contributed by atoms with Crippen molar-refractivity contribution in [1.29, 1.82) is 0 Å². The number of aromatic hydroxyl groups is 1. The lowest BCUT2D eigenvalue weighted by molar-refractivity contribution is 0.102. The predicted octanol–water partition coefficient (Wildman–Crippen LogP) is 4.48. The molecule has 20 heavy (non-hydrogen) atoms. The summed E-state index contributed by atoms with van der Waals surface area (Å²) >= 11 is 0. The SMILES string of the molecule is CC.CCc1ccc(NC(=O)c2ccccc2)cc1O.[HH]. The predicted molar refractivity (Wildman–Crippen MR) is 85.3 cm³/mol. The van der Waals surface area contributed by atoms with Crippen LogP contribution in [0.4, 0.5) is 5.69 Å². The molecular weight excluding hydrogens is 250 g/mol. The molecule has 1 amide bonds. The Morgan fingerprint density at radius 3 is 2.35 bits per heavy atom. The molecule has 0 fully saturated rings. The summed E-state index contributed by atoms with van der Waals surface area (Å²) in [5, 5.41) is 12.5. The average molecular weight is 273 g/mol. The van der Waals surface area contributed by atoms with Crippen molar-refractivity contribution in [3.8, 4) is 5.75 Å². The Bertz CT molecular complexity index is 556. The van der Waals surface area contributed by atoms with Crippen molar-refractivity contribution in [2.45, 2.75) is 27.2 Å². The van der Waals surface area contributed by atoms with E-state index in [0.29, 0.717) is 11.3 Å². The van der Waals surface area contributed by atoms with Gasteiger partial charge in [-0.15, -0.1) is 0 Å². The summed E-state index contributed by atoms with van der Waals surface area (Å²) in [6, 6.07) is 14.2. The minimum atomic E-state index is -0.181. The first-order valence-electron chi connectivity index (χ1n) is 6.89. The van der Waals surface area contributed by atoms with E-state index in [1.165, 1.54) is 0 Å². The summed E-state index contributed by atoms with van der Waals surface area (Å²) in [5.41, 5.74) is 2.06. The van der Waals surface area contributed by atoms with E-state index in [2.05, 4.69) is 5.32 Å². The summed E-state index contributed by atoms with van der Waals surface area (Å²) in [4.78, 5) is 11.9. The van der Waals surface area contributed by atoms with Crippen LogP contribution in [0.15, 0.2) is 48.5 Å². The second-order valence-corrected chi connectivity index (χ2v) is 4.02. The van der Waals surface area contributed by atoms with Crippen LogP contribution in [-0.2, 0) is 6.42 Å². The number of hydrogen-bond acceptors (Lipinski definition) is 2. The van der Waals surface area contributed by atoms with E-state index in [4.69, 9.17) is 0 Å². The van der Waals surface area contributed by atoms with Gasteiger partial charge in [-0.1, -0.05) is 45.0 Å². The molecule has 2 aromatic carbocycles. The van der Waals surface area contributed by atoms with Gasteiger partial charge in [-0.05, 0) is 30.2 Å². The summed E-state index contributed by atoms with van der Waals surface area (Å²) in [5.74, 6) is 0.0302. The van der Waals surface area contributed by atoms with Crippen LogP contribution in [0.2, 0.25) is 0 Å². The number of phenolic OH excluding ortho intramolecular Hbond substituents is 1. The normalized spacial score (nSPS) is 9.35. The molecule has 2 aromatic rings. The Labute approximate surface area is 121 Å². The molecule has 0 saturated carbocycles. The van der Waals surface area contributed by atoms with Crippen molar-refractivity contribution >= 4 is 11.6 Å². The number of nitrogens with one attached hydrogen (secondary N) is 1. The number of rotatable bonds is 3. The van der Waals surface area contributed by atoms with Crippen molar-refractivity contribution in [1.82, 2.24) is 0 Å². The third-order valence-corrected chi connectivity index (χ3v) is 2.76. The first-order valence-corrected chi connectivity index (χ1v) is 6.89. The van der Waals surface area contributed by atoms with E-state index in [-0.39, 0.29) is 13.1 Å². The fourth-order valence-corrected chi connectivity index (χ4v) is 1.73. The molecule has 2 rings (SSSR count). The maximum Gasteiger partial charge on any atom is 0.255 e. The Kier molecular flexibility index (Phi) is 6.30. The van der Waals surface area contributed by atoms with Gasteiger partial charge in [0.25, 0.3) is 5.91 Å². The summed E-state index contributed by atoms with van der Waals surface area (Å²) < 4.78 is 0. The zero-order valence-electron chi connectivity index (χ0n) is 12.2. The third-order valence-electron chi connectivity index (χ3n) is 2.76. The van der Waals surface area contributed by atoms with Crippen LogP contribution < -0.4 is 5.32 Å². The van der Waals surface area contributed by atoms with E-state index >= 15 is 0 Å². The van der Waals surface area contributed by atoms with Gasteiger partial charge in [-0.2, -0.15) is 0 Å². The largest absolute Gasteiger partial charge is 0.508 e. The van der Waals surface area contributed by atoms with Crippen LogP contribution in [0, 0.1) is 0 Å².